The number of carbonyl (C=O) groups is 3. The second-order valence-electron chi connectivity index (χ2n) is 11.6. The first kappa shape index (κ1) is 25.3. The number of hydrogen-bond donors (Lipinski definition) is 5. The lowest BCUT2D eigenvalue weighted by molar-refractivity contribution is -0.139. The van der Waals surface area contributed by atoms with E-state index in [0.29, 0.717) is 50.0 Å². The molecule has 2 atom stereocenters. The Kier molecular flexibility index (Phi) is 8.72. The van der Waals surface area contributed by atoms with Crippen molar-refractivity contribution < 1.29 is 19.5 Å². The molecule has 0 heterocycles. The normalized spacial score (nSPS) is 32.1. The highest BCUT2D eigenvalue weighted by molar-refractivity contribution is 5.89. The quantitative estimate of drug-likeness (QED) is 0.292. The molecule has 5 fully saturated rings. The second-order valence-corrected chi connectivity index (χ2v) is 11.6. The van der Waals surface area contributed by atoms with Crippen LogP contribution in [-0.4, -0.2) is 47.7 Å². The van der Waals surface area contributed by atoms with Crippen molar-refractivity contribution in [2.75, 3.05) is 6.54 Å². The van der Waals surface area contributed by atoms with E-state index in [2.05, 4.69) is 16.0 Å². The zero-order valence-electron chi connectivity index (χ0n) is 20.5. The van der Waals surface area contributed by atoms with Crippen LogP contribution in [0.5, 0.6) is 0 Å². The maximum atomic E-state index is 13.5. The third-order valence-electron chi connectivity index (χ3n) is 9.00. The molecule has 34 heavy (non-hydrogen) atoms. The van der Waals surface area contributed by atoms with Crippen molar-refractivity contribution >= 4 is 17.9 Å². The van der Waals surface area contributed by atoms with Crippen LogP contribution in [0.15, 0.2) is 0 Å². The van der Waals surface area contributed by atoms with Gasteiger partial charge >= 0.3 is 12.0 Å². The van der Waals surface area contributed by atoms with E-state index in [-0.39, 0.29) is 11.9 Å². The van der Waals surface area contributed by atoms with Crippen LogP contribution in [0.1, 0.15) is 89.9 Å². The Morgan fingerprint density at radius 1 is 0.853 bits per heavy atom. The molecule has 0 spiro atoms. The molecular formula is C26H44N4O4. The van der Waals surface area contributed by atoms with Gasteiger partial charge in [-0.05, 0) is 93.9 Å². The molecule has 0 aromatic carbocycles. The summed E-state index contributed by atoms with van der Waals surface area (Å²) in [6.07, 6.45) is 14.3. The molecule has 6 N–H and O–H groups in total. The van der Waals surface area contributed by atoms with E-state index < -0.39 is 24.1 Å². The summed E-state index contributed by atoms with van der Waals surface area (Å²) >= 11 is 0. The van der Waals surface area contributed by atoms with Gasteiger partial charge in [0.2, 0.25) is 5.91 Å². The largest absolute Gasteiger partial charge is 0.480 e. The first-order valence-electron chi connectivity index (χ1n) is 13.7. The zero-order chi connectivity index (χ0) is 24.1. The lowest BCUT2D eigenvalue weighted by Crippen LogP contribution is -2.60. The smallest absolute Gasteiger partial charge is 0.326 e. The summed E-state index contributed by atoms with van der Waals surface area (Å²) in [5, 5.41) is 18.3. The topological polar surface area (TPSA) is 134 Å². The number of unbranched alkanes of at least 4 members (excludes halogenated alkanes) is 1. The van der Waals surface area contributed by atoms with E-state index in [1.165, 1.54) is 51.4 Å². The molecular weight excluding hydrogens is 432 g/mol. The van der Waals surface area contributed by atoms with Crippen LogP contribution in [0.3, 0.4) is 0 Å². The minimum atomic E-state index is -1.06. The highest BCUT2D eigenvalue weighted by atomic mass is 16.4. The Morgan fingerprint density at radius 2 is 1.47 bits per heavy atom. The first-order chi connectivity index (χ1) is 16.4. The monoisotopic (exact) mass is 476 g/mol. The molecule has 0 aliphatic heterocycles. The van der Waals surface area contributed by atoms with Crippen LogP contribution in [0.25, 0.3) is 0 Å². The molecule has 0 aromatic heterocycles. The molecule has 5 rings (SSSR count). The van der Waals surface area contributed by atoms with E-state index in [4.69, 9.17) is 5.73 Å². The van der Waals surface area contributed by atoms with Gasteiger partial charge in [0.25, 0.3) is 0 Å². The van der Waals surface area contributed by atoms with Crippen LogP contribution < -0.4 is 21.7 Å². The molecule has 5 aliphatic carbocycles. The Labute approximate surface area is 203 Å². The van der Waals surface area contributed by atoms with Gasteiger partial charge in [-0.2, -0.15) is 0 Å². The molecule has 5 saturated carbocycles. The number of nitrogens with one attached hydrogen (secondary N) is 3. The number of hydrogen-bond acceptors (Lipinski definition) is 4. The summed E-state index contributed by atoms with van der Waals surface area (Å²) < 4.78 is 0. The van der Waals surface area contributed by atoms with Crippen LogP contribution in [-0.2, 0) is 9.59 Å². The standard InChI is InChI=1S/C26H44N4O4/c27-9-5-4-8-21(25(32)33)28-26(34)29-22(15-16-6-2-1-3-7-16)24(31)30-23-19-11-17-10-18(13-19)14-20(23)12-17/h16-23H,1-15,27H2,(H,30,31)(H,32,33)(H2,28,29,34)/t17?,18?,19?,20?,21?,22-,23?/m1/s1. The average Bonchev–Trinajstić information content (AvgIpc) is 2.80. The molecule has 3 amide bonds. The summed E-state index contributed by atoms with van der Waals surface area (Å²) in [5.41, 5.74) is 5.51. The van der Waals surface area contributed by atoms with Crippen LogP contribution in [0.4, 0.5) is 4.79 Å². The van der Waals surface area contributed by atoms with Gasteiger partial charge in [0, 0.05) is 6.04 Å². The molecule has 8 nitrogen and oxygen atoms in total. The third-order valence-corrected chi connectivity index (χ3v) is 9.00. The summed E-state index contributed by atoms with van der Waals surface area (Å²) in [5.74, 6) is 2.09. The van der Waals surface area contributed by atoms with Crippen molar-refractivity contribution in [3.63, 3.8) is 0 Å². The van der Waals surface area contributed by atoms with E-state index in [9.17, 15) is 19.5 Å². The summed E-state index contributed by atoms with van der Waals surface area (Å²) in [7, 11) is 0. The van der Waals surface area contributed by atoms with E-state index in [0.717, 1.165) is 24.7 Å². The van der Waals surface area contributed by atoms with Gasteiger partial charge in [-0.1, -0.05) is 32.1 Å². The van der Waals surface area contributed by atoms with Gasteiger partial charge in [-0.15, -0.1) is 0 Å². The van der Waals surface area contributed by atoms with Crippen LogP contribution in [0.2, 0.25) is 0 Å². The fourth-order valence-electron chi connectivity index (χ4n) is 7.52. The second kappa shape index (κ2) is 11.7. The number of urea groups is 1. The van der Waals surface area contributed by atoms with E-state index >= 15 is 0 Å². The van der Waals surface area contributed by atoms with Gasteiger partial charge in [0.05, 0.1) is 0 Å². The van der Waals surface area contributed by atoms with Gasteiger partial charge in [-0.3, -0.25) is 4.79 Å². The number of aliphatic carboxylic acids is 1. The molecule has 0 aromatic rings. The van der Waals surface area contributed by atoms with Crippen molar-refractivity contribution in [1.82, 2.24) is 16.0 Å². The molecule has 0 radical (unpaired) electrons. The highest BCUT2D eigenvalue weighted by Crippen LogP contribution is 2.53. The zero-order valence-corrected chi connectivity index (χ0v) is 20.5. The molecule has 8 heteroatoms. The molecule has 0 saturated heterocycles. The summed E-state index contributed by atoms with van der Waals surface area (Å²) in [6, 6.07) is -1.95. The lowest BCUT2D eigenvalue weighted by atomic mass is 9.54. The minimum absolute atomic E-state index is 0.0896. The highest BCUT2D eigenvalue weighted by Gasteiger charge is 2.49. The van der Waals surface area contributed by atoms with Crippen molar-refractivity contribution in [2.45, 2.75) is 108 Å². The van der Waals surface area contributed by atoms with Crippen molar-refractivity contribution in [3.8, 4) is 0 Å². The molecule has 1 unspecified atom stereocenters. The number of nitrogens with two attached hydrogens (primary N) is 1. The van der Waals surface area contributed by atoms with Crippen LogP contribution in [0, 0.1) is 29.6 Å². The third kappa shape index (κ3) is 6.43. The molecule has 192 valence electrons. The predicted octanol–water partition coefficient (Wildman–Crippen LogP) is 3.15. The fraction of sp³-hybridized carbons (Fsp3) is 0.885. The van der Waals surface area contributed by atoms with Gasteiger partial charge in [0.1, 0.15) is 12.1 Å². The van der Waals surface area contributed by atoms with E-state index in [1.54, 1.807) is 0 Å². The summed E-state index contributed by atoms with van der Waals surface area (Å²) in [6.45, 7) is 0.493. The Hall–Kier alpha value is -1.83. The minimum Gasteiger partial charge on any atom is -0.480 e. The van der Waals surface area contributed by atoms with Crippen molar-refractivity contribution in [3.05, 3.63) is 0 Å². The number of carboxylic acids is 1. The lowest BCUT2D eigenvalue weighted by Gasteiger charge is -2.54. The Bertz CT molecular complexity index is 696. The van der Waals surface area contributed by atoms with E-state index in [1.807, 2.05) is 0 Å². The predicted molar refractivity (Wildman–Crippen MR) is 130 cm³/mol. The Balaban J connectivity index is 1.37. The maximum Gasteiger partial charge on any atom is 0.326 e. The number of carboxylic acid groups (broad SMARTS) is 1. The maximum absolute atomic E-state index is 13.5. The average molecular weight is 477 g/mol. The molecule has 5 aliphatic rings. The SMILES string of the molecule is NCCCCC(NC(=O)N[C@H](CC1CCCCC1)C(=O)NC1C2CC3CC(C2)CC1C3)C(=O)O. The number of rotatable bonds is 11. The Morgan fingerprint density at radius 3 is 2.06 bits per heavy atom. The molecule has 4 bridgehead atoms. The van der Waals surface area contributed by atoms with Gasteiger partial charge in [0.15, 0.2) is 0 Å². The van der Waals surface area contributed by atoms with Crippen molar-refractivity contribution in [2.24, 2.45) is 35.3 Å². The first-order valence-corrected chi connectivity index (χ1v) is 13.7. The number of amides is 3. The van der Waals surface area contributed by atoms with Gasteiger partial charge in [-0.25, -0.2) is 9.59 Å². The number of carbonyl (C=O) groups excluding carboxylic acids is 2. The summed E-state index contributed by atoms with van der Waals surface area (Å²) in [4.78, 5) is 37.9. The van der Waals surface area contributed by atoms with Crippen LogP contribution >= 0.6 is 0 Å². The van der Waals surface area contributed by atoms with Crippen molar-refractivity contribution in [1.29, 1.82) is 0 Å². The fourth-order valence-corrected chi connectivity index (χ4v) is 7.52. The van der Waals surface area contributed by atoms with Gasteiger partial charge < -0.3 is 26.8 Å².